The van der Waals surface area contributed by atoms with Gasteiger partial charge in [-0.2, -0.15) is 0 Å². The van der Waals surface area contributed by atoms with E-state index in [2.05, 4.69) is 55.8 Å². The quantitative estimate of drug-likeness (QED) is 0.477. The van der Waals surface area contributed by atoms with Gasteiger partial charge in [0, 0.05) is 43.9 Å². The Morgan fingerprint density at radius 1 is 0.973 bits per heavy atom. The highest BCUT2D eigenvalue weighted by Gasteiger charge is 2.33. The topological polar surface area (TPSA) is 53.7 Å². The normalized spacial score (nSPS) is 21.6. The van der Waals surface area contributed by atoms with E-state index in [1.54, 1.807) is 0 Å². The summed E-state index contributed by atoms with van der Waals surface area (Å²) in [6.45, 7) is 4.40. The molecule has 0 N–H and O–H groups in total. The number of likely N-dealkylation sites (tertiary alicyclic amines) is 2. The molecule has 192 valence electrons. The molecule has 2 fully saturated rings. The first-order valence-corrected chi connectivity index (χ1v) is 13.6. The lowest BCUT2D eigenvalue weighted by Crippen LogP contribution is -2.45. The fourth-order valence-electron chi connectivity index (χ4n) is 6.15. The third kappa shape index (κ3) is 5.10. The van der Waals surface area contributed by atoms with Gasteiger partial charge in [0.2, 0.25) is 5.91 Å². The van der Waals surface area contributed by atoms with E-state index in [0.29, 0.717) is 11.4 Å². The molecule has 2 aromatic carbocycles. The van der Waals surface area contributed by atoms with E-state index in [0.717, 1.165) is 76.2 Å². The van der Waals surface area contributed by atoms with Crippen molar-refractivity contribution >= 4 is 23.2 Å². The summed E-state index contributed by atoms with van der Waals surface area (Å²) in [5, 5.41) is 0. The van der Waals surface area contributed by atoms with E-state index in [1.807, 2.05) is 18.4 Å². The van der Waals surface area contributed by atoms with Crippen LogP contribution in [0.1, 0.15) is 55.6 Å². The maximum atomic E-state index is 14.0. The van der Waals surface area contributed by atoms with Crippen LogP contribution in [-0.2, 0) is 11.3 Å². The minimum atomic E-state index is -0.272. The molecule has 3 aliphatic rings. The van der Waals surface area contributed by atoms with Gasteiger partial charge in [-0.3, -0.25) is 14.7 Å². The molecule has 3 aliphatic heterocycles. The van der Waals surface area contributed by atoms with Gasteiger partial charge < -0.3 is 9.47 Å². The minimum Gasteiger partial charge on any atom is -0.342 e. The number of piperidine rings is 2. The van der Waals surface area contributed by atoms with Crippen molar-refractivity contribution in [2.45, 2.75) is 50.7 Å². The van der Waals surface area contributed by atoms with E-state index in [4.69, 9.17) is 4.98 Å². The molecule has 1 atom stereocenters. The molecular weight excluding hydrogens is 465 g/mol. The number of benzene rings is 2. The molecule has 0 spiro atoms. The number of aliphatic imine (C=N–C) groups is 1. The molecule has 0 saturated carbocycles. The van der Waals surface area contributed by atoms with Gasteiger partial charge in [-0.25, -0.2) is 9.37 Å². The molecule has 7 heteroatoms. The van der Waals surface area contributed by atoms with Crippen molar-refractivity contribution in [3.63, 3.8) is 0 Å². The predicted octanol–water partition coefficient (Wildman–Crippen LogP) is 5.32. The summed E-state index contributed by atoms with van der Waals surface area (Å²) in [5.41, 5.74) is 2.97. The fourth-order valence-corrected chi connectivity index (χ4v) is 6.15. The largest absolute Gasteiger partial charge is 0.342 e. The van der Waals surface area contributed by atoms with Gasteiger partial charge in [0.1, 0.15) is 17.7 Å². The Balaban J connectivity index is 1.10. The molecule has 4 heterocycles. The SMILES string of the molecule is O=C(C1CCN(Cc2ccccc2)CC1)N1CCC(n2c(C3CC=CC=N3)nc3cc(F)ccc32)CC1. The molecule has 6 rings (SSSR count). The number of halogens is 1. The van der Waals surface area contributed by atoms with Crippen LogP contribution in [0.3, 0.4) is 0 Å². The van der Waals surface area contributed by atoms with E-state index >= 15 is 0 Å². The van der Waals surface area contributed by atoms with Gasteiger partial charge in [-0.05, 0) is 69.0 Å². The number of fused-ring (bicyclic) bond motifs is 1. The summed E-state index contributed by atoms with van der Waals surface area (Å²) in [5.74, 6) is 1.07. The molecule has 3 aromatic rings. The molecule has 6 nitrogen and oxygen atoms in total. The number of dihydropyridines is 1. The first-order chi connectivity index (χ1) is 18.2. The van der Waals surface area contributed by atoms with Crippen molar-refractivity contribution in [2.24, 2.45) is 10.9 Å². The molecule has 0 bridgehead atoms. The standard InChI is InChI=1S/C30H34FN5O/c31-24-9-10-28-27(20-24)33-29(26-8-4-5-15-32-26)36(28)25-13-18-35(19-14-25)30(37)23-11-16-34(17-12-23)21-22-6-2-1-3-7-22/h1-7,9-10,15,20,23,25-26H,8,11-14,16-19,21H2. The van der Waals surface area contributed by atoms with Crippen molar-refractivity contribution in [1.82, 2.24) is 19.4 Å². The average Bonchev–Trinajstić information content (AvgIpc) is 3.33. The van der Waals surface area contributed by atoms with Gasteiger partial charge in [-0.1, -0.05) is 36.4 Å². The monoisotopic (exact) mass is 499 g/mol. The van der Waals surface area contributed by atoms with Gasteiger partial charge >= 0.3 is 0 Å². The van der Waals surface area contributed by atoms with E-state index in [1.165, 1.54) is 17.7 Å². The number of amides is 1. The zero-order valence-corrected chi connectivity index (χ0v) is 21.2. The van der Waals surface area contributed by atoms with Crippen LogP contribution in [0.15, 0.2) is 65.7 Å². The van der Waals surface area contributed by atoms with Crippen molar-refractivity contribution in [3.8, 4) is 0 Å². The van der Waals surface area contributed by atoms with Crippen LogP contribution in [-0.4, -0.2) is 57.7 Å². The second-order valence-corrected chi connectivity index (χ2v) is 10.5. The fraction of sp³-hybridized carbons (Fsp3) is 0.433. The summed E-state index contributed by atoms with van der Waals surface area (Å²) in [4.78, 5) is 27.4. The van der Waals surface area contributed by atoms with Gasteiger partial charge in [0.15, 0.2) is 0 Å². The summed E-state index contributed by atoms with van der Waals surface area (Å²) in [6.07, 6.45) is 10.3. The highest BCUT2D eigenvalue weighted by atomic mass is 19.1. The van der Waals surface area contributed by atoms with Crippen LogP contribution in [0.25, 0.3) is 11.0 Å². The summed E-state index contributed by atoms with van der Waals surface area (Å²) in [6, 6.07) is 15.6. The van der Waals surface area contributed by atoms with Crippen LogP contribution >= 0.6 is 0 Å². The number of rotatable bonds is 5. The average molecular weight is 500 g/mol. The number of imidazole rings is 1. The Bertz CT molecular complexity index is 1300. The smallest absolute Gasteiger partial charge is 0.225 e. The Morgan fingerprint density at radius 2 is 1.76 bits per heavy atom. The Kier molecular flexibility index (Phi) is 6.87. The summed E-state index contributed by atoms with van der Waals surface area (Å²) >= 11 is 0. The number of carbonyl (C=O) groups is 1. The first kappa shape index (κ1) is 24.0. The zero-order chi connectivity index (χ0) is 25.2. The number of hydrogen-bond donors (Lipinski definition) is 0. The van der Waals surface area contributed by atoms with Crippen molar-refractivity contribution in [2.75, 3.05) is 26.2 Å². The van der Waals surface area contributed by atoms with Crippen LogP contribution < -0.4 is 0 Å². The highest BCUT2D eigenvalue weighted by Crippen LogP contribution is 2.35. The van der Waals surface area contributed by atoms with Crippen LogP contribution in [0.5, 0.6) is 0 Å². The summed E-state index contributed by atoms with van der Waals surface area (Å²) < 4.78 is 16.3. The molecule has 2 saturated heterocycles. The highest BCUT2D eigenvalue weighted by molar-refractivity contribution is 5.79. The third-order valence-electron chi connectivity index (χ3n) is 8.15. The second kappa shape index (κ2) is 10.6. The van der Waals surface area contributed by atoms with E-state index in [-0.39, 0.29) is 23.8 Å². The molecule has 0 radical (unpaired) electrons. The van der Waals surface area contributed by atoms with E-state index in [9.17, 15) is 9.18 Å². The molecule has 1 amide bonds. The van der Waals surface area contributed by atoms with Gasteiger partial charge in [0.25, 0.3) is 0 Å². The van der Waals surface area contributed by atoms with Crippen LogP contribution in [0.4, 0.5) is 4.39 Å². The molecule has 1 aromatic heterocycles. The lowest BCUT2D eigenvalue weighted by Gasteiger charge is -2.38. The first-order valence-electron chi connectivity index (χ1n) is 13.6. The maximum absolute atomic E-state index is 14.0. The molecule has 1 unspecified atom stereocenters. The maximum Gasteiger partial charge on any atom is 0.225 e. The Labute approximate surface area is 217 Å². The van der Waals surface area contributed by atoms with Crippen LogP contribution in [0, 0.1) is 11.7 Å². The molecule has 37 heavy (non-hydrogen) atoms. The minimum absolute atomic E-state index is 0.0545. The number of allylic oxidation sites excluding steroid dienone is 1. The lowest BCUT2D eigenvalue weighted by molar-refractivity contribution is -0.138. The lowest BCUT2D eigenvalue weighted by atomic mass is 9.93. The van der Waals surface area contributed by atoms with Crippen molar-refractivity contribution in [3.05, 3.63) is 77.9 Å². The second-order valence-electron chi connectivity index (χ2n) is 10.5. The third-order valence-corrected chi connectivity index (χ3v) is 8.15. The van der Waals surface area contributed by atoms with Crippen molar-refractivity contribution in [1.29, 1.82) is 0 Å². The molecular formula is C30H34FN5O. The zero-order valence-electron chi connectivity index (χ0n) is 21.2. The Morgan fingerprint density at radius 3 is 2.49 bits per heavy atom. The Hall–Kier alpha value is -3.32. The number of hydrogen-bond acceptors (Lipinski definition) is 4. The predicted molar refractivity (Wildman–Crippen MR) is 144 cm³/mol. The van der Waals surface area contributed by atoms with Crippen LogP contribution in [0.2, 0.25) is 0 Å². The summed E-state index contributed by atoms with van der Waals surface area (Å²) in [7, 11) is 0. The van der Waals surface area contributed by atoms with Crippen molar-refractivity contribution < 1.29 is 9.18 Å². The number of carbonyl (C=O) groups excluding carboxylic acids is 1. The van der Waals surface area contributed by atoms with Gasteiger partial charge in [-0.15, -0.1) is 0 Å². The molecule has 0 aliphatic carbocycles. The number of aromatic nitrogens is 2. The van der Waals surface area contributed by atoms with E-state index < -0.39 is 0 Å². The number of nitrogens with zero attached hydrogens (tertiary/aromatic N) is 5. The van der Waals surface area contributed by atoms with Gasteiger partial charge in [0.05, 0.1) is 11.0 Å².